The fraction of sp³-hybridized carbons (Fsp3) is 0.200. The standard InChI is InChI=1S/C30H32N2O2/c1-4-21-8-6-10-25(20-33)29(21)31-26-16-12-23(13-17-26)24-14-18-27(19-15-24)32-30-22(5-2)9-7-11-28(30)34-3/h6-19,31-33H,4-5,20H2,1-3H3. The molecule has 0 bridgehead atoms. The summed E-state index contributed by atoms with van der Waals surface area (Å²) in [6.07, 6.45) is 1.84. The summed E-state index contributed by atoms with van der Waals surface area (Å²) in [4.78, 5) is 0. The van der Waals surface area contributed by atoms with Crippen molar-refractivity contribution in [3.05, 3.63) is 102 Å². The molecular weight excluding hydrogens is 420 g/mol. The minimum atomic E-state index is 0.0171. The van der Waals surface area contributed by atoms with Gasteiger partial charge in [0.2, 0.25) is 0 Å². The van der Waals surface area contributed by atoms with Gasteiger partial charge in [-0.3, -0.25) is 0 Å². The Labute approximate surface area is 202 Å². The number of aliphatic hydroxyl groups excluding tert-OH is 1. The molecule has 0 aliphatic rings. The maximum Gasteiger partial charge on any atom is 0.142 e. The molecule has 0 spiro atoms. The van der Waals surface area contributed by atoms with Gasteiger partial charge >= 0.3 is 0 Å². The van der Waals surface area contributed by atoms with Crippen LogP contribution in [0.2, 0.25) is 0 Å². The van der Waals surface area contributed by atoms with Crippen LogP contribution in [0, 0.1) is 0 Å². The van der Waals surface area contributed by atoms with Crippen LogP contribution in [0.25, 0.3) is 11.1 Å². The number of hydrogen-bond donors (Lipinski definition) is 3. The number of rotatable bonds is 9. The lowest BCUT2D eigenvalue weighted by atomic mass is 10.0. The van der Waals surface area contributed by atoms with Crippen molar-refractivity contribution < 1.29 is 9.84 Å². The Hall–Kier alpha value is -3.76. The summed E-state index contributed by atoms with van der Waals surface area (Å²) in [5, 5.41) is 16.8. The van der Waals surface area contributed by atoms with Gasteiger partial charge in [-0.2, -0.15) is 0 Å². The summed E-state index contributed by atoms with van der Waals surface area (Å²) in [6.45, 7) is 4.29. The van der Waals surface area contributed by atoms with Gasteiger partial charge in [0.25, 0.3) is 0 Å². The number of benzene rings is 4. The average molecular weight is 453 g/mol. The number of ether oxygens (including phenoxy) is 1. The molecule has 0 aliphatic heterocycles. The maximum atomic E-state index is 9.73. The van der Waals surface area contributed by atoms with Crippen molar-refractivity contribution in [3.8, 4) is 16.9 Å². The van der Waals surface area contributed by atoms with Crippen LogP contribution in [-0.2, 0) is 19.4 Å². The molecule has 0 aliphatic carbocycles. The Morgan fingerprint density at radius 3 is 1.59 bits per heavy atom. The SMILES string of the molecule is CCc1cccc(CO)c1Nc1ccc(-c2ccc(Nc3c(CC)cccc3OC)cc2)cc1. The zero-order valence-corrected chi connectivity index (χ0v) is 20.1. The molecule has 0 radical (unpaired) electrons. The largest absolute Gasteiger partial charge is 0.495 e. The second kappa shape index (κ2) is 10.9. The predicted octanol–water partition coefficient (Wildman–Crippen LogP) is 7.47. The van der Waals surface area contributed by atoms with Crippen molar-refractivity contribution in [2.75, 3.05) is 17.7 Å². The van der Waals surface area contributed by atoms with Gasteiger partial charge in [0.05, 0.1) is 19.4 Å². The van der Waals surface area contributed by atoms with Crippen molar-refractivity contribution in [2.24, 2.45) is 0 Å². The molecule has 0 aromatic heterocycles. The van der Waals surface area contributed by atoms with E-state index in [1.165, 1.54) is 11.1 Å². The van der Waals surface area contributed by atoms with Gasteiger partial charge in [0, 0.05) is 22.6 Å². The Morgan fingerprint density at radius 2 is 1.09 bits per heavy atom. The summed E-state index contributed by atoms with van der Waals surface area (Å²) in [6, 6.07) is 29.0. The fourth-order valence-electron chi connectivity index (χ4n) is 4.20. The molecule has 4 rings (SSSR count). The van der Waals surface area contributed by atoms with Crippen LogP contribution in [0.3, 0.4) is 0 Å². The van der Waals surface area contributed by atoms with Gasteiger partial charge in [-0.1, -0.05) is 68.4 Å². The lowest BCUT2D eigenvalue weighted by molar-refractivity contribution is 0.282. The van der Waals surface area contributed by atoms with E-state index in [4.69, 9.17) is 4.74 Å². The van der Waals surface area contributed by atoms with E-state index >= 15 is 0 Å². The molecule has 0 heterocycles. The fourth-order valence-corrected chi connectivity index (χ4v) is 4.20. The Bertz CT molecular complexity index is 1090. The molecule has 3 N–H and O–H groups in total. The van der Waals surface area contributed by atoms with E-state index in [2.05, 4.69) is 85.1 Å². The van der Waals surface area contributed by atoms with Gasteiger partial charge in [0.1, 0.15) is 5.75 Å². The van der Waals surface area contributed by atoms with Gasteiger partial charge in [-0.05, 0) is 65.4 Å². The number of hydrogen-bond acceptors (Lipinski definition) is 4. The Kier molecular flexibility index (Phi) is 7.51. The maximum absolute atomic E-state index is 9.73. The molecule has 0 unspecified atom stereocenters. The molecule has 4 aromatic rings. The molecular formula is C30H32N2O2. The first-order valence-corrected chi connectivity index (χ1v) is 11.8. The number of aryl methyl sites for hydroxylation is 2. The van der Waals surface area contributed by atoms with Crippen LogP contribution in [-0.4, -0.2) is 12.2 Å². The van der Waals surface area contributed by atoms with E-state index in [1.807, 2.05) is 24.3 Å². The highest BCUT2D eigenvalue weighted by Gasteiger charge is 2.09. The first-order chi connectivity index (χ1) is 16.7. The second-order valence-corrected chi connectivity index (χ2v) is 8.22. The van der Waals surface area contributed by atoms with Gasteiger partial charge in [-0.25, -0.2) is 0 Å². The number of nitrogens with one attached hydrogen (secondary N) is 2. The summed E-state index contributed by atoms with van der Waals surface area (Å²) in [5.74, 6) is 0.848. The van der Waals surface area contributed by atoms with E-state index < -0.39 is 0 Å². The highest BCUT2D eigenvalue weighted by molar-refractivity contribution is 5.74. The molecule has 0 saturated carbocycles. The zero-order chi connectivity index (χ0) is 23.9. The van der Waals surface area contributed by atoms with Crippen LogP contribution >= 0.6 is 0 Å². The number of para-hydroxylation sites is 2. The first-order valence-electron chi connectivity index (χ1n) is 11.8. The highest BCUT2D eigenvalue weighted by Crippen LogP contribution is 2.33. The van der Waals surface area contributed by atoms with Crippen LogP contribution in [0.1, 0.15) is 30.5 Å². The third kappa shape index (κ3) is 5.08. The van der Waals surface area contributed by atoms with Crippen molar-refractivity contribution in [1.82, 2.24) is 0 Å². The highest BCUT2D eigenvalue weighted by atomic mass is 16.5. The minimum absolute atomic E-state index is 0.0171. The summed E-state index contributed by atoms with van der Waals surface area (Å²) >= 11 is 0. The Morgan fingerprint density at radius 1 is 0.618 bits per heavy atom. The lowest BCUT2D eigenvalue weighted by Gasteiger charge is -2.16. The average Bonchev–Trinajstić information content (AvgIpc) is 2.89. The monoisotopic (exact) mass is 452 g/mol. The van der Waals surface area contributed by atoms with Crippen molar-refractivity contribution in [2.45, 2.75) is 33.3 Å². The summed E-state index contributed by atoms with van der Waals surface area (Å²) in [5.41, 5.74) is 9.67. The molecule has 4 nitrogen and oxygen atoms in total. The summed E-state index contributed by atoms with van der Waals surface area (Å²) < 4.78 is 5.55. The molecule has 0 atom stereocenters. The third-order valence-electron chi connectivity index (χ3n) is 6.14. The smallest absolute Gasteiger partial charge is 0.142 e. The van der Waals surface area contributed by atoms with Gasteiger partial charge in [-0.15, -0.1) is 0 Å². The lowest BCUT2D eigenvalue weighted by Crippen LogP contribution is -2.00. The molecule has 174 valence electrons. The molecule has 0 amide bonds. The molecule has 0 fully saturated rings. The number of anilines is 4. The van der Waals surface area contributed by atoms with E-state index in [-0.39, 0.29) is 6.61 Å². The van der Waals surface area contributed by atoms with E-state index in [9.17, 15) is 5.11 Å². The number of methoxy groups -OCH3 is 1. The first kappa shape index (κ1) is 23.4. The van der Waals surface area contributed by atoms with Crippen molar-refractivity contribution in [1.29, 1.82) is 0 Å². The second-order valence-electron chi connectivity index (χ2n) is 8.22. The molecule has 4 aromatic carbocycles. The molecule has 0 saturated heterocycles. The molecule has 4 heteroatoms. The van der Waals surface area contributed by atoms with Gasteiger partial charge < -0.3 is 20.5 Å². The van der Waals surface area contributed by atoms with E-state index in [1.54, 1.807) is 7.11 Å². The zero-order valence-electron chi connectivity index (χ0n) is 20.1. The van der Waals surface area contributed by atoms with Crippen molar-refractivity contribution in [3.63, 3.8) is 0 Å². The van der Waals surface area contributed by atoms with E-state index in [0.717, 1.165) is 58.0 Å². The molecule has 34 heavy (non-hydrogen) atoms. The third-order valence-corrected chi connectivity index (χ3v) is 6.14. The minimum Gasteiger partial charge on any atom is -0.495 e. The topological polar surface area (TPSA) is 53.5 Å². The Balaban J connectivity index is 1.51. The summed E-state index contributed by atoms with van der Waals surface area (Å²) in [7, 11) is 1.70. The quantitative estimate of drug-likeness (QED) is 0.247. The normalized spacial score (nSPS) is 10.7. The van der Waals surface area contributed by atoms with E-state index in [0.29, 0.717) is 0 Å². The van der Waals surface area contributed by atoms with Crippen LogP contribution in [0.4, 0.5) is 22.7 Å². The number of aliphatic hydroxyl groups is 1. The van der Waals surface area contributed by atoms with Crippen LogP contribution in [0.15, 0.2) is 84.9 Å². The van der Waals surface area contributed by atoms with Crippen molar-refractivity contribution >= 4 is 22.7 Å². The van der Waals surface area contributed by atoms with Gasteiger partial charge in [0.15, 0.2) is 0 Å². The predicted molar refractivity (Wildman–Crippen MR) is 143 cm³/mol. The van der Waals surface area contributed by atoms with Crippen LogP contribution in [0.5, 0.6) is 5.75 Å². The van der Waals surface area contributed by atoms with Crippen LogP contribution < -0.4 is 15.4 Å².